The number of hydrogen-bond acceptors (Lipinski definition) is 6. The van der Waals surface area contributed by atoms with Gasteiger partial charge in [0.2, 0.25) is 0 Å². The Hall–Kier alpha value is -7.04. The molecule has 2 unspecified atom stereocenters. The maximum atomic E-state index is 15.0. The molecule has 2 saturated carbocycles. The first-order valence-electron chi connectivity index (χ1n) is 22.8. The standard InChI is InChI=1S/C27H28F2N4O2.C25H24F2N4O2/c1-27(35)11-4-3-8-24(27)31-26(34)20-16-33(23-7-5-6-21(28)25(20)23)15-18-10-9-17(12-22(18)29)19-13-30-32(2)14-19;1-30-12-17(11-28-30)15-8-9-16(20(27)10-15)13-31-14-18(24-19(26)4-2-6-22(24)31)25(33)29-21-5-3-7-23(21)32/h5-7,9-10,12-14,16,24,35H,3-4,8,11,15H2,1-2H3,(H,31,34);2,4,6,8-12,14,21,23,32H,3,5,7,13H2,1H3,(H,29,33)/t;21-,23+/m.0/s1. The minimum atomic E-state index is -1.01. The molecule has 0 radical (unpaired) electrons. The summed E-state index contributed by atoms with van der Waals surface area (Å²) in [6.07, 6.45) is 14.7. The molecule has 68 heavy (non-hydrogen) atoms. The van der Waals surface area contributed by atoms with Crippen molar-refractivity contribution in [3.8, 4) is 22.3 Å². The van der Waals surface area contributed by atoms with Crippen LogP contribution in [0.3, 0.4) is 0 Å². The number of aliphatic hydroxyl groups is 2. The number of benzene rings is 4. The highest BCUT2D eigenvalue weighted by atomic mass is 19.1. The van der Waals surface area contributed by atoms with Crippen LogP contribution in [0.2, 0.25) is 0 Å². The second kappa shape index (κ2) is 18.9. The molecular formula is C52H52F4N8O4. The molecule has 352 valence electrons. The van der Waals surface area contributed by atoms with Crippen LogP contribution in [0.15, 0.2) is 110 Å². The number of amides is 2. The molecule has 16 heteroatoms. The van der Waals surface area contributed by atoms with Crippen molar-refractivity contribution in [2.75, 3.05) is 0 Å². The maximum Gasteiger partial charge on any atom is 0.253 e. The highest BCUT2D eigenvalue weighted by Gasteiger charge is 2.36. The Labute approximate surface area is 389 Å². The lowest BCUT2D eigenvalue weighted by Crippen LogP contribution is -2.52. The molecular weight excluding hydrogens is 877 g/mol. The zero-order chi connectivity index (χ0) is 47.9. The van der Waals surface area contributed by atoms with E-state index in [4.69, 9.17) is 0 Å². The van der Waals surface area contributed by atoms with E-state index in [1.807, 2.05) is 24.5 Å². The Morgan fingerprint density at radius 3 is 1.60 bits per heavy atom. The SMILES string of the molecule is Cn1cc(-c2ccc(Cn3cc(C(=O)NC4CCCCC4(C)O)c4c(F)cccc43)c(F)c2)cn1.Cn1cc(-c2ccc(Cn3cc(C(=O)N[C@H]4CCC[C@H]4O)c4c(F)cccc43)c(F)c2)cn1. The van der Waals surface area contributed by atoms with Crippen LogP contribution < -0.4 is 10.6 Å². The lowest BCUT2D eigenvalue weighted by molar-refractivity contribution is -0.00860. The van der Waals surface area contributed by atoms with Gasteiger partial charge in [-0.15, -0.1) is 0 Å². The average molecular weight is 929 g/mol. The van der Waals surface area contributed by atoms with Gasteiger partial charge >= 0.3 is 0 Å². The summed E-state index contributed by atoms with van der Waals surface area (Å²) in [5.41, 5.74) is 4.22. The first-order valence-corrected chi connectivity index (χ1v) is 22.8. The quantitative estimate of drug-likeness (QED) is 0.101. The van der Waals surface area contributed by atoms with Gasteiger partial charge in [0.25, 0.3) is 11.8 Å². The van der Waals surface area contributed by atoms with Gasteiger partial charge in [0, 0.05) is 71.9 Å². The van der Waals surface area contributed by atoms with E-state index in [9.17, 15) is 33.0 Å². The lowest BCUT2D eigenvalue weighted by Gasteiger charge is -2.37. The Balaban J connectivity index is 0.000000170. The Bertz CT molecular complexity index is 3170. The average Bonchev–Trinajstić information content (AvgIpc) is 4.16. The summed E-state index contributed by atoms with van der Waals surface area (Å²) in [5.74, 6) is -2.71. The van der Waals surface area contributed by atoms with Crippen molar-refractivity contribution >= 4 is 33.6 Å². The Kier molecular flexibility index (Phi) is 12.8. The molecule has 4 N–H and O–H groups in total. The third-order valence-electron chi connectivity index (χ3n) is 13.3. The summed E-state index contributed by atoms with van der Waals surface area (Å²) in [7, 11) is 3.60. The van der Waals surface area contributed by atoms with Gasteiger partial charge < -0.3 is 30.0 Å². The van der Waals surface area contributed by atoms with E-state index in [2.05, 4.69) is 20.8 Å². The van der Waals surface area contributed by atoms with Gasteiger partial charge in [0.15, 0.2) is 0 Å². The predicted octanol–water partition coefficient (Wildman–Crippen LogP) is 8.80. The number of nitrogens with zero attached hydrogens (tertiary/aromatic N) is 6. The molecule has 0 aliphatic heterocycles. The summed E-state index contributed by atoms with van der Waals surface area (Å²) < 4.78 is 66.3. The van der Waals surface area contributed by atoms with Crippen LogP contribution in [0.25, 0.3) is 44.1 Å². The summed E-state index contributed by atoms with van der Waals surface area (Å²) in [6, 6.07) is 18.4. The number of rotatable bonds is 10. The van der Waals surface area contributed by atoms with Crippen molar-refractivity contribution in [2.24, 2.45) is 14.1 Å². The van der Waals surface area contributed by atoms with Crippen LogP contribution in [0.5, 0.6) is 0 Å². The van der Waals surface area contributed by atoms with Gasteiger partial charge in [0.05, 0.1) is 71.4 Å². The largest absolute Gasteiger partial charge is 0.391 e. The molecule has 0 spiro atoms. The third kappa shape index (κ3) is 9.43. The minimum Gasteiger partial charge on any atom is -0.391 e. The number of aryl methyl sites for hydroxylation is 2. The molecule has 4 atom stereocenters. The van der Waals surface area contributed by atoms with E-state index in [1.54, 1.807) is 101 Å². The minimum absolute atomic E-state index is 0.132. The fourth-order valence-corrected chi connectivity index (χ4v) is 9.58. The number of carbonyl (C=O) groups excluding carboxylic acids is 2. The van der Waals surface area contributed by atoms with Crippen LogP contribution in [-0.2, 0) is 27.2 Å². The van der Waals surface area contributed by atoms with E-state index < -0.39 is 52.8 Å². The highest BCUT2D eigenvalue weighted by molar-refractivity contribution is 6.08. The molecule has 4 heterocycles. The second-order valence-corrected chi connectivity index (χ2v) is 18.2. The molecule has 4 aromatic carbocycles. The van der Waals surface area contributed by atoms with Crippen LogP contribution in [-0.4, -0.2) is 74.5 Å². The molecule has 12 nitrogen and oxygen atoms in total. The Morgan fingerprint density at radius 1 is 0.647 bits per heavy atom. The summed E-state index contributed by atoms with van der Waals surface area (Å²) in [5, 5.41) is 35.1. The number of fused-ring (bicyclic) bond motifs is 2. The van der Waals surface area contributed by atoms with E-state index in [0.717, 1.165) is 30.4 Å². The molecule has 2 fully saturated rings. The highest BCUT2D eigenvalue weighted by Crippen LogP contribution is 2.32. The topological polar surface area (TPSA) is 144 Å². The summed E-state index contributed by atoms with van der Waals surface area (Å²) >= 11 is 0. The van der Waals surface area contributed by atoms with E-state index in [1.165, 1.54) is 24.3 Å². The van der Waals surface area contributed by atoms with Crippen LogP contribution >= 0.6 is 0 Å². The van der Waals surface area contributed by atoms with E-state index in [-0.39, 0.29) is 41.0 Å². The fourth-order valence-electron chi connectivity index (χ4n) is 9.58. The first kappa shape index (κ1) is 46.1. The zero-order valence-corrected chi connectivity index (χ0v) is 37.9. The lowest BCUT2D eigenvalue weighted by atomic mass is 9.81. The number of nitrogens with one attached hydrogen (secondary N) is 2. The van der Waals surface area contributed by atoms with Crippen LogP contribution in [0, 0.1) is 23.3 Å². The monoisotopic (exact) mass is 928 g/mol. The number of aromatic nitrogens is 6. The van der Waals surface area contributed by atoms with Crippen molar-refractivity contribution in [3.63, 3.8) is 0 Å². The van der Waals surface area contributed by atoms with Gasteiger partial charge in [-0.25, -0.2) is 17.6 Å². The number of halogens is 4. The van der Waals surface area contributed by atoms with Crippen LogP contribution in [0.1, 0.15) is 83.7 Å². The molecule has 2 amide bonds. The number of aliphatic hydroxyl groups excluding tert-OH is 1. The molecule has 10 rings (SSSR count). The van der Waals surface area contributed by atoms with Crippen molar-refractivity contribution in [3.05, 3.63) is 156 Å². The first-order chi connectivity index (χ1) is 32.6. The second-order valence-electron chi connectivity index (χ2n) is 18.2. The van der Waals surface area contributed by atoms with Crippen LogP contribution in [0.4, 0.5) is 17.6 Å². The molecule has 0 bridgehead atoms. The third-order valence-corrected chi connectivity index (χ3v) is 13.3. The van der Waals surface area contributed by atoms with Crippen molar-refractivity contribution in [1.29, 1.82) is 0 Å². The van der Waals surface area contributed by atoms with Gasteiger partial charge in [-0.05, 0) is 86.6 Å². The van der Waals surface area contributed by atoms with E-state index in [0.29, 0.717) is 59.0 Å². The van der Waals surface area contributed by atoms with E-state index >= 15 is 4.39 Å². The number of hydrogen-bond donors (Lipinski definition) is 4. The van der Waals surface area contributed by atoms with Gasteiger partial charge in [-0.1, -0.05) is 49.2 Å². The van der Waals surface area contributed by atoms with Gasteiger partial charge in [0.1, 0.15) is 23.3 Å². The molecule has 4 aromatic heterocycles. The zero-order valence-electron chi connectivity index (χ0n) is 37.9. The molecule has 2 aliphatic carbocycles. The fraction of sp³-hybridized carbons (Fsp3) is 0.308. The smallest absolute Gasteiger partial charge is 0.253 e. The molecule has 2 aliphatic rings. The normalized spacial score (nSPS) is 19.3. The molecule has 8 aromatic rings. The summed E-state index contributed by atoms with van der Waals surface area (Å²) in [6.45, 7) is 1.99. The maximum absolute atomic E-state index is 15.0. The number of carbonyl (C=O) groups is 2. The van der Waals surface area contributed by atoms with Crippen molar-refractivity contribution in [2.45, 2.75) is 88.7 Å². The van der Waals surface area contributed by atoms with Crippen molar-refractivity contribution < 1.29 is 37.4 Å². The van der Waals surface area contributed by atoms with Gasteiger partial charge in [-0.3, -0.25) is 19.0 Å². The summed E-state index contributed by atoms with van der Waals surface area (Å²) in [4.78, 5) is 26.2. The Morgan fingerprint density at radius 2 is 1.16 bits per heavy atom. The molecule has 0 saturated heterocycles. The van der Waals surface area contributed by atoms with Gasteiger partial charge in [-0.2, -0.15) is 10.2 Å². The van der Waals surface area contributed by atoms with Crippen molar-refractivity contribution in [1.82, 2.24) is 39.3 Å². The predicted molar refractivity (Wildman–Crippen MR) is 251 cm³/mol.